The Balaban J connectivity index is 1.84. The molecule has 9 heteroatoms. The lowest BCUT2D eigenvalue weighted by atomic mass is 9.85. The molecule has 3 rings (SSSR count). The molecule has 6 nitrogen and oxygen atoms in total. The van der Waals surface area contributed by atoms with Crippen LogP contribution in [0.2, 0.25) is 0 Å². The van der Waals surface area contributed by atoms with E-state index in [1.807, 2.05) is 18.2 Å². The number of aromatic amines is 1. The van der Waals surface area contributed by atoms with Crippen molar-refractivity contribution in [2.75, 3.05) is 6.54 Å². The minimum absolute atomic E-state index is 0.186. The summed E-state index contributed by atoms with van der Waals surface area (Å²) in [4.78, 5) is 21.4. The molecule has 0 atom stereocenters. The van der Waals surface area contributed by atoms with Crippen molar-refractivity contribution in [2.24, 2.45) is 11.7 Å². The van der Waals surface area contributed by atoms with Gasteiger partial charge in [0, 0.05) is 13.1 Å². The number of benzene rings is 1. The SMILES string of the molecule is N=C(/C=C(\N)C(=O)N(Cc1cccc2[nH]cnc12)CC1CCC1)C(F)(F)F. The first-order valence-corrected chi connectivity index (χ1v) is 8.59. The van der Waals surface area contributed by atoms with Gasteiger partial charge in [-0.15, -0.1) is 0 Å². The van der Waals surface area contributed by atoms with Gasteiger partial charge in [0.05, 0.1) is 23.1 Å². The van der Waals surface area contributed by atoms with Gasteiger partial charge in [0.2, 0.25) is 0 Å². The maximum atomic E-state index is 12.7. The molecule has 1 aromatic carbocycles. The highest BCUT2D eigenvalue weighted by Crippen LogP contribution is 2.28. The predicted octanol–water partition coefficient (Wildman–Crippen LogP) is 3.12. The molecule has 1 saturated carbocycles. The minimum Gasteiger partial charge on any atom is -0.394 e. The van der Waals surface area contributed by atoms with Gasteiger partial charge in [-0.25, -0.2) is 4.98 Å². The van der Waals surface area contributed by atoms with Crippen LogP contribution in [0.15, 0.2) is 36.3 Å². The number of allylic oxidation sites excluding steroid dienone is 1. The Morgan fingerprint density at radius 1 is 1.41 bits per heavy atom. The summed E-state index contributed by atoms with van der Waals surface area (Å²) >= 11 is 0. The van der Waals surface area contributed by atoms with E-state index < -0.39 is 23.5 Å². The smallest absolute Gasteiger partial charge is 0.394 e. The quantitative estimate of drug-likeness (QED) is 0.531. The molecule has 0 saturated heterocycles. The molecule has 0 bridgehead atoms. The van der Waals surface area contributed by atoms with Crippen LogP contribution in [-0.4, -0.2) is 39.2 Å². The molecule has 0 spiro atoms. The number of nitrogens with zero attached hydrogens (tertiary/aromatic N) is 2. The molecule has 2 aromatic rings. The number of hydrogen-bond acceptors (Lipinski definition) is 4. The number of rotatable bonds is 6. The Morgan fingerprint density at radius 2 is 2.15 bits per heavy atom. The first-order chi connectivity index (χ1) is 12.8. The molecule has 0 unspecified atom stereocenters. The van der Waals surface area contributed by atoms with Crippen molar-refractivity contribution in [3.05, 3.63) is 41.9 Å². The van der Waals surface area contributed by atoms with Crippen LogP contribution in [0.1, 0.15) is 24.8 Å². The lowest BCUT2D eigenvalue weighted by Gasteiger charge is -2.32. The molecule has 0 aliphatic heterocycles. The van der Waals surface area contributed by atoms with Gasteiger partial charge in [0.25, 0.3) is 5.91 Å². The fourth-order valence-electron chi connectivity index (χ4n) is 3.05. The molecule has 1 aliphatic carbocycles. The van der Waals surface area contributed by atoms with E-state index in [1.54, 1.807) is 6.33 Å². The standard InChI is InChI=1S/C18H20F3N5O/c19-18(20,21)15(23)7-13(22)17(27)26(8-11-3-1-4-11)9-12-5-2-6-14-16(12)25-10-24-14/h2,5-7,10-11,23H,1,3-4,8-9,22H2,(H,24,25)/b13-7-,23-15?. The summed E-state index contributed by atoms with van der Waals surface area (Å²) in [7, 11) is 0. The maximum Gasteiger partial charge on any atom is 0.432 e. The Kier molecular flexibility index (Phi) is 5.20. The summed E-state index contributed by atoms with van der Waals surface area (Å²) in [5.74, 6) is -0.398. The van der Waals surface area contributed by atoms with Gasteiger partial charge < -0.3 is 15.6 Å². The molecule has 1 heterocycles. The highest BCUT2D eigenvalue weighted by molar-refractivity contribution is 6.04. The average molecular weight is 379 g/mol. The normalized spacial score (nSPS) is 15.6. The second-order valence-corrected chi connectivity index (χ2v) is 6.71. The number of fused-ring (bicyclic) bond motifs is 1. The molecular weight excluding hydrogens is 359 g/mol. The molecule has 1 fully saturated rings. The van der Waals surface area contributed by atoms with E-state index in [-0.39, 0.29) is 6.54 Å². The Bertz CT molecular complexity index is 882. The number of halogens is 3. The van der Waals surface area contributed by atoms with Crippen LogP contribution < -0.4 is 5.73 Å². The van der Waals surface area contributed by atoms with Crippen LogP contribution in [-0.2, 0) is 11.3 Å². The van der Waals surface area contributed by atoms with Crippen LogP contribution >= 0.6 is 0 Å². The Morgan fingerprint density at radius 3 is 2.78 bits per heavy atom. The highest BCUT2D eigenvalue weighted by Gasteiger charge is 2.34. The number of aromatic nitrogens is 2. The summed E-state index contributed by atoms with van der Waals surface area (Å²) in [6.07, 6.45) is 0.100. The van der Waals surface area contributed by atoms with Crippen molar-refractivity contribution in [3.8, 4) is 0 Å². The summed E-state index contributed by atoms with van der Waals surface area (Å²) in [5, 5.41) is 7.04. The molecule has 144 valence electrons. The number of alkyl halides is 3. The monoisotopic (exact) mass is 379 g/mol. The fourth-order valence-corrected chi connectivity index (χ4v) is 3.05. The molecule has 4 N–H and O–H groups in total. The molecule has 1 amide bonds. The molecular formula is C18H20F3N5O. The zero-order chi connectivity index (χ0) is 19.6. The van der Waals surface area contributed by atoms with Crippen molar-refractivity contribution < 1.29 is 18.0 Å². The summed E-state index contributed by atoms with van der Waals surface area (Å²) < 4.78 is 37.7. The third kappa shape index (κ3) is 4.29. The van der Waals surface area contributed by atoms with Gasteiger partial charge in [-0.3, -0.25) is 10.2 Å². The largest absolute Gasteiger partial charge is 0.432 e. The van der Waals surface area contributed by atoms with Crippen LogP contribution in [0.4, 0.5) is 13.2 Å². The molecule has 1 aromatic heterocycles. The van der Waals surface area contributed by atoms with E-state index in [9.17, 15) is 18.0 Å². The zero-order valence-electron chi connectivity index (χ0n) is 14.5. The predicted molar refractivity (Wildman–Crippen MR) is 94.9 cm³/mol. The zero-order valence-corrected chi connectivity index (χ0v) is 14.5. The second-order valence-electron chi connectivity index (χ2n) is 6.71. The van der Waals surface area contributed by atoms with Crippen LogP contribution in [0.25, 0.3) is 11.0 Å². The van der Waals surface area contributed by atoms with Crippen molar-refractivity contribution in [2.45, 2.75) is 32.0 Å². The van der Waals surface area contributed by atoms with E-state index in [0.717, 1.165) is 30.3 Å². The molecule has 27 heavy (non-hydrogen) atoms. The lowest BCUT2D eigenvalue weighted by Crippen LogP contribution is -2.40. The lowest BCUT2D eigenvalue weighted by molar-refractivity contribution is -0.128. The summed E-state index contributed by atoms with van der Waals surface area (Å²) in [5.41, 5.74) is 5.66. The number of H-pyrrole nitrogens is 1. The van der Waals surface area contributed by atoms with E-state index in [4.69, 9.17) is 11.1 Å². The number of para-hydroxylation sites is 1. The van der Waals surface area contributed by atoms with Gasteiger partial charge >= 0.3 is 6.18 Å². The maximum absolute atomic E-state index is 12.7. The number of nitrogens with two attached hydrogens (primary N) is 1. The average Bonchev–Trinajstić information content (AvgIpc) is 3.04. The van der Waals surface area contributed by atoms with Crippen molar-refractivity contribution in [1.29, 1.82) is 5.41 Å². The first-order valence-electron chi connectivity index (χ1n) is 8.59. The van der Waals surface area contributed by atoms with Crippen LogP contribution in [0.5, 0.6) is 0 Å². The number of amides is 1. The summed E-state index contributed by atoms with van der Waals surface area (Å²) in [6, 6.07) is 5.49. The minimum atomic E-state index is -4.84. The highest BCUT2D eigenvalue weighted by atomic mass is 19.4. The van der Waals surface area contributed by atoms with Gasteiger partial charge in [-0.2, -0.15) is 13.2 Å². The number of nitrogens with one attached hydrogen (secondary N) is 2. The van der Waals surface area contributed by atoms with Gasteiger partial charge in [-0.1, -0.05) is 18.6 Å². The van der Waals surface area contributed by atoms with E-state index in [0.29, 0.717) is 24.1 Å². The first kappa shape index (κ1) is 18.9. The third-order valence-electron chi connectivity index (χ3n) is 4.74. The van der Waals surface area contributed by atoms with E-state index >= 15 is 0 Å². The topological polar surface area (TPSA) is 98.9 Å². The van der Waals surface area contributed by atoms with Crippen LogP contribution in [0, 0.1) is 11.3 Å². The molecule has 1 aliphatic rings. The number of carbonyl (C=O) groups excluding carboxylic acids is 1. The van der Waals surface area contributed by atoms with Gasteiger partial charge in [0.1, 0.15) is 5.71 Å². The summed E-state index contributed by atoms with van der Waals surface area (Å²) in [6.45, 7) is 0.596. The second kappa shape index (κ2) is 7.42. The van der Waals surface area contributed by atoms with Gasteiger partial charge in [0.15, 0.2) is 0 Å². The van der Waals surface area contributed by atoms with Crippen molar-refractivity contribution in [3.63, 3.8) is 0 Å². The third-order valence-corrected chi connectivity index (χ3v) is 4.74. The Labute approximate surface area is 153 Å². The Hall–Kier alpha value is -2.84. The van der Waals surface area contributed by atoms with Crippen molar-refractivity contribution >= 4 is 22.7 Å². The van der Waals surface area contributed by atoms with Crippen molar-refractivity contribution in [1.82, 2.24) is 14.9 Å². The molecule has 0 radical (unpaired) electrons. The van der Waals surface area contributed by atoms with Gasteiger partial charge in [-0.05, 0) is 36.5 Å². The van der Waals surface area contributed by atoms with Crippen LogP contribution in [0.3, 0.4) is 0 Å². The van der Waals surface area contributed by atoms with E-state index in [1.165, 1.54) is 4.90 Å². The number of imidazole rings is 1. The number of carbonyl (C=O) groups is 1. The number of hydrogen-bond donors (Lipinski definition) is 3. The van der Waals surface area contributed by atoms with E-state index in [2.05, 4.69) is 9.97 Å². The fraction of sp³-hybridized carbons (Fsp3) is 0.389.